The largest absolute Gasteiger partial charge is 0.416 e. The third-order valence-electron chi connectivity index (χ3n) is 2.09. The van der Waals surface area contributed by atoms with Gasteiger partial charge in [-0.05, 0) is 24.1 Å². The minimum atomic E-state index is -4.29. The van der Waals surface area contributed by atoms with Gasteiger partial charge in [-0.1, -0.05) is 18.2 Å². The molecular formula is C11H12F3N. The van der Waals surface area contributed by atoms with E-state index in [0.29, 0.717) is 12.0 Å². The monoisotopic (exact) mass is 215 g/mol. The summed E-state index contributed by atoms with van der Waals surface area (Å²) in [4.78, 5) is 0. The van der Waals surface area contributed by atoms with Gasteiger partial charge in [-0.2, -0.15) is 13.2 Å². The molecule has 1 rings (SSSR count). The molecule has 0 fully saturated rings. The van der Waals surface area contributed by atoms with Gasteiger partial charge < -0.3 is 5.73 Å². The van der Waals surface area contributed by atoms with E-state index in [1.54, 1.807) is 6.08 Å². The zero-order valence-electron chi connectivity index (χ0n) is 8.09. The molecule has 1 aromatic carbocycles. The molecule has 0 aliphatic heterocycles. The van der Waals surface area contributed by atoms with E-state index >= 15 is 0 Å². The van der Waals surface area contributed by atoms with Gasteiger partial charge in [-0.25, -0.2) is 0 Å². The zero-order chi connectivity index (χ0) is 11.5. The number of halogens is 3. The Hall–Kier alpha value is -1.29. The Morgan fingerprint density at radius 2 is 1.80 bits per heavy atom. The molecule has 0 saturated heterocycles. The molecule has 1 aromatic rings. The van der Waals surface area contributed by atoms with E-state index in [9.17, 15) is 13.2 Å². The lowest BCUT2D eigenvalue weighted by molar-refractivity contribution is -0.137. The van der Waals surface area contributed by atoms with Gasteiger partial charge in [0.15, 0.2) is 0 Å². The van der Waals surface area contributed by atoms with Gasteiger partial charge in [0.2, 0.25) is 0 Å². The number of benzene rings is 1. The van der Waals surface area contributed by atoms with Crippen molar-refractivity contribution in [2.45, 2.75) is 18.6 Å². The first kappa shape index (κ1) is 11.8. The van der Waals surface area contributed by atoms with Crippen LogP contribution in [0.3, 0.4) is 0 Å². The number of alkyl halides is 3. The first-order valence-electron chi connectivity index (χ1n) is 4.49. The number of hydrogen-bond donors (Lipinski definition) is 1. The fourth-order valence-electron chi connectivity index (χ4n) is 1.23. The average molecular weight is 215 g/mol. The molecule has 15 heavy (non-hydrogen) atoms. The molecule has 0 heterocycles. The van der Waals surface area contributed by atoms with E-state index < -0.39 is 11.7 Å². The van der Waals surface area contributed by atoms with Gasteiger partial charge in [-0.15, -0.1) is 6.58 Å². The van der Waals surface area contributed by atoms with Gasteiger partial charge in [-0.3, -0.25) is 0 Å². The Morgan fingerprint density at radius 1 is 1.27 bits per heavy atom. The molecule has 2 N–H and O–H groups in total. The lowest BCUT2D eigenvalue weighted by Gasteiger charge is -2.11. The molecule has 4 heteroatoms. The fourth-order valence-corrected chi connectivity index (χ4v) is 1.23. The van der Waals surface area contributed by atoms with E-state index in [-0.39, 0.29) is 6.04 Å². The summed E-state index contributed by atoms with van der Waals surface area (Å²) in [5.41, 5.74) is 5.74. The van der Waals surface area contributed by atoms with Crippen LogP contribution in [0.25, 0.3) is 0 Å². The van der Waals surface area contributed by atoms with Crippen molar-refractivity contribution in [1.29, 1.82) is 0 Å². The van der Waals surface area contributed by atoms with Crippen LogP contribution in [0.15, 0.2) is 36.9 Å². The lowest BCUT2D eigenvalue weighted by Crippen LogP contribution is -2.10. The maximum atomic E-state index is 12.2. The Morgan fingerprint density at radius 3 is 2.20 bits per heavy atom. The van der Waals surface area contributed by atoms with Gasteiger partial charge in [0.1, 0.15) is 0 Å². The van der Waals surface area contributed by atoms with Crippen molar-refractivity contribution < 1.29 is 13.2 Å². The summed E-state index contributed by atoms with van der Waals surface area (Å²) in [5, 5.41) is 0. The predicted octanol–water partition coefficient (Wildman–Crippen LogP) is 3.28. The van der Waals surface area contributed by atoms with Gasteiger partial charge in [0.25, 0.3) is 0 Å². The smallest absolute Gasteiger partial charge is 0.324 e. The van der Waals surface area contributed by atoms with Crippen LogP contribution in [0, 0.1) is 0 Å². The third-order valence-corrected chi connectivity index (χ3v) is 2.09. The maximum absolute atomic E-state index is 12.2. The number of rotatable bonds is 3. The summed E-state index contributed by atoms with van der Waals surface area (Å²) in [6.45, 7) is 3.52. The van der Waals surface area contributed by atoms with E-state index in [2.05, 4.69) is 6.58 Å². The molecule has 1 unspecified atom stereocenters. The Bertz CT molecular complexity index is 327. The van der Waals surface area contributed by atoms with E-state index in [0.717, 1.165) is 12.1 Å². The minimum absolute atomic E-state index is 0.287. The Kier molecular flexibility index (Phi) is 3.52. The SMILES string of the molecule is C=CCC(N)c1ccc(C(F)(F)F)cc1. The molecule has 0 amide bonds. The second kappa shape index (κ2) is 4.49. The van der Waals surface area contributed by atoms with Gasteiger partial charge in [0.05, 0.1) is 5.56 Å². The molecule has 0 spiro atoms. The van der Waals surface area contributed by atoms with Crippen LogP contribution in [0.4, 0.5) is 13.2 Å². The Labute approximate surface area is 86.4 Å². The first-order chi connectivity index (χ1) is 6.95. The molecule has 0 aliphatic carbocycles. The van der Waals surface area contributed by atoms with Crippen LogP contribution in [-0.4, -0.2) is 0 Å². The third kappa shape index (κ3) is 3.09. The highest BCUT2D eigenvalue weighted by atomic mass is 19.4. The van der Waals surface area contributed by atoms with Gasteiger partial charge in [0, 0.05) is 6.04 Å². The molecule has 0 aliphatic rings. The number of nitrogens with two attached hydrogens (primary N) is 1. The summed E-state index contributed by atoms with van der Waals surface area (Å²) in [5.74, 6) is 0. The van der Waals surface area contributed by atoms with E-state index in [1.165, 1.54) is 12.1 Å². The molecular weight excluding hydrogens is 203 g/mol. The van der Waals surface area contributed by atoms with Crippen molar-refractivity contribution in [1.82, 2.24) is 0 Å². The summed E-state index contributed by atoms with van der Waals surface area (Å²) in [7, 11) is 0. The highest BCUT2D eigenvalue weighted by Crippen LogP contribution is 2.29. The fraction of sp³-hybridized carbons (Fsp3) is 0.273. The zero-order valence-corrected chi connectivity index (χ0v) is 8.09. The van der Waals surface area contributed by atoms with Crippen LogP contribution in [0.1, 0.15) is 23.6 Å². The van der Waals surface area contributed by atoms with Crippen molar-refractivity contribution in [2.75, 3.05) is 0 Å². The second-order valence-electron chi connectivity index (χ2n) is 3.25. The molecule has 0 aromatic heterocycles. The van der Waals surface area contributed by atoms with E-state index in [1.807, 2.05) is 0 Å². The highest BCUT2D eigenvalue weighted by molar-refractivity contribution is 5.26. The molecule has 0 saturated carbocycles. The number of hydrogen-bond acceptors (Lipinski definition) is 1. The summed E-state index contributed by atoms with van der Waals surface area (Å²) < 4.78 is 36.7. The minimum Gasteiger partial charge on any atom is -0.324 e. The molecule has 82 valence electrons. The summed E-state index contributed by atoms with van der Waals surface area (Å²) in [6, 6.07) is 4.59. The van der Waals surface area contributed by atoms with Crippen molar-refractivity contribution in [3.63, 3.8) is 0 Å². The maximum Gasteiger partial charge on any atom is 0.416 e. The predicted molar refractivity (Wildman–Crippen MR) is 53.2 cm³/mol. The van der Waals surface area contributed by atoms with Crippen LogP contribution in [0.5, 0.6) is 0 Å². The second-order valence-corrected chi connectivity index (χ2v) is 3.25. The summed E-state index contributed by atoms with van der Waals surface area (Å²) >= 11 is 0. The molecule has 0 bridgehead atoms. The van der Waals surface area contributed by atoms with Gasteiger partial charge >= 0.3 is 6.18 Å². The summed E-state index contributed by atoms with van der Waals surface area (Å²) in [6.07, 6.45) is -2.10. The normalized spacial score (nSPS) is 13.6. The molecule has 0 radical (unpaired) electrons. The van der Waals surface area contributed by atoms with Crippen LogP contribution < -0.4 is 5.73 Å². The van der Waals surface area contributed by atoms with Crippen LogP contribution in [-0.2, 0) is 6.18 Å². The van der Waals surface area contributed by atoms with Crippen LogP contribution >= 0.6 is 0 Å². The topological polar surface area (TPSA) is 26.0 Å². The van der Waals surface area contributed by atoms with Crippen molar-refractivity contribution in [3.8, 4) is 0 Å². The Balaban J connectivity index is 2.85. The van der Waals surface area contributed by atoms with Crippen molar-refractivity contribution in [3.05, 3.63) is 48.0 Å². The first-order valence-corrected chi connectivity index (χ1v) is 4.49. The van der Waals surface area contributed by atoms with Crippen molar-refractivity contribution in [2.24, 2.45) is 5.73 Å². The molecule has 1 nitrogen and oxygen atoms in total. The molecule has 1 atom stereocenters. The van der Waals surface area contributed by atoms with E-state index in [4.69, 9.17) is 5.73 Å². The standard InChI is InChI=1S/C11H12F3N/c1-2-3-10(15)8-4-6-9(7-5-8)11(12,13)14/h2,4-7,10H,1,3,15H2. The highest BCUT2D eigenvalue weighted by Gasteiger charge is 2.30. The van der Waals surface area contributed by atoms with Crippen molar-refractivity contribution >= 4 is 0 Å². The quantitative estimate of drug-likeness (QED) is 0.769. The lowest BCUT2D eigenvalue weighted by atomic mass is 10.0. The average Bonchev–Trinajstić information content (AvgIpc) is 2.17. The van der Waals surface area contributed by atoms with Crippen LogP contribution in [0.2, 0.25) is 0 Å².